The number of aliphatic carboxylic acids is 3. The maximum atomic E-state index is 12.2. The molecule has 0 aliphatic carbocycles. The van der Waals surface area contributed by atoms with Crippen molar-refractivity contribution in [3.05, 3.63) is 0 Å². The summed E-state index contributed by atoms with van der Waals surface area (Å²) in [4.78, 5) is 38.8. The molecule has 0 aromatic carbocycles. The average molecular weight is 1420 g/mol. The van der Waals surface area contributed by atoms with Crippen LogP contribution in [0.25, 0.3) is 0 Å². The number of unbranched alkanes of at least 4 members (excludes halogenated alkanes) is 45. The van der Waals surface area contributed by atoms with Gasteiger partial charge in [0.15, 0.2) is 0 Å². The van der Waals surface area contributed by atoms with Crippen LogP contribution in [0.1, 0.15) is 448 Å². The third-order valence-corrected chi connectivity index (χ3v) is 23.2. The Labute approximate surface area is 585 Å². The molecule has 0 unspecified atom stereocenters. The zero-order valence-corrected chi connectivity index (χ0v) is 67.0. The number of thioether (sulfide) groups is 3. The fourth-order valence-corrected chi connectivity index (χ4v) is 16.5. The van der Waals surface area contributed by atoms with E-state index in [1.54, 1.807) is 57.8 Å². The van der Waals surface area contributed by atoms with Crippen LogP contribution in [0.4, 0.5) is 0 Å². The van der Waals surface area contributed by atoms with Crippen LogP contribution in [0, 0.1) is 0 Å². The second kappa shape index (κ2) is 77.3. The van der Waals surface area contributed by atoms with Crippen molar-refractivity contribution in [1.29, 1.82) is 0 Å². The summed E-state index contributed by atoms with van der Waals surface area (Å²) >= 11 is 6.70. The summed E-state index contributed by atoms with van der Waals surface area (Å²) in [5, 5.41) is 36.7. The quantitative estimate of drug-likeness (QED) is 0.0433. The minimum atomic E-state index is -0.796. The summed E-state index contributed by atoms with van der Waals surface area (Å²) in [5.74, 6) is 0.547. The summed E-state index contributed by atoms with van der Waals surface area (Å²) in [6.45, 7) is 20.2. The monoisotopic (exact) mass is 1420 g/mol. The predicted molar refractivity (Wildman–Crippen MR) is 400 cm³/mol. The van der Waals surface area contributed by atoms with E-state index < -0.39 is 32.1 Å². The molecular formula is C79H156O6S3Sn. The number of carboxylic acid groups (broad SMARTS) is 3. The molecule has 0 amide bonds. The Bertz CT molecular complexity index is 1190. The Morgan fingerprint density at radius 2 is 0.326 bits per heavy atom. The molecule has 0 spiro atoms. The van der Waals surface area contributed by atoms with Crippen LogP contribution in [0.5, 0.6) is 0 Å². The Morgan fingerprint density at radius 3 is 0.449 bits per heavy atom. The van der Waals surface area contributed by atoms with Crippen LogP contribution in [0.2, 0.25) is 4.94 Å². The molecule has 6 nitrogen and oxygen atoms in total. The van der Waals surface area contributed by atoms with Crippen molar-refractivity contribution in [2.45, 2.75) is 467 Å². The molecule has 0 rings (SSSR count). The molecule has 0 saturated carbocycles. The van der Waals surface area contributed by atoms with E-state index in [1.807, 2.05) is 0 Å². The standard InChI is InChI=1S/3C26H52O2S.CH3.Sn/c3*1-4-7-10-13-16-19-22-26(25(27)28,23-20-17-14-11-8-5-2)29-24-21-18-15-12-9-6-3;;/h3*4-24H2,1-3H3,(H,27,28);1H3;/q;;;;+3/p-3. The van der Waals surface area contributed by atoms with Crippen molar-refractivity contribution >= 4 is 75.7 Å². The van der Waals surface area contributed by atoms with Gasteiger partial charge in [0, 0.05) is 0 Å². The van der Waals surface area contributed by atoms with Gasteiger partial charge in [-0.15, -0.1) is 35.3 Å². The Kier molecular flexibility index (Phi) is 83.0. The fourth-order valence-electron chi connectivity index (χ4n) is 12.2. The Hall–Kier alpha value is 0.259. The number of rotatable bonds is 69. The first kappa shape index (κ1) is 95.7. The summed E-state index contributed by atoms with van der Waals surface area (Å²) in [5.41, 5.74) is 0. The van der Waals surface area contributed by atoms with Gasteiger partial charge in [-0.2, -0.15) is 0 Å². The topological polar surface area (TPSA) is 120 Å². The zero-order chi connectivity index (χ0) is 66.9. The first-order valence-electron chi connectivity index (χ1n) is 39.4. The number of carbonyl (C=O) groups excluding carboxylic acids is 3. The summed E-state index contributed by atoms with van der Waals surface area (Å²) in [6, 6.07) is 0. The van der Waals surface area contributed by atoms with Gasteiger partial charge in [0.25, 0.3) is 0 Å². The zero-order valence-electron chi connectivity index (χ0n) is 61.7. The molecule has 0 N–H and O–H groups in total. The molecule has 0 atom stereocenters. The van der Waals surface area contributed by atoms with Gasteiger partial charge in [-0.05, 0) is 75.0 Å². The molecule has 530 valence electrons. The van der Waals surface area contributed by atoms with Gasteiger partial charge in [0.2, 0.25) is 0 Å². The normalized spacial score (nSPS) is 11.6. The van der Waals surface area contributed by atoms with E-state index in [0.29, 0.717) is 0 Å². The Morgan fingerprint density at radius 1 is 0.213 bits per heavy atom. The van der Waals surface area contributed by atoms with Gasteiger partial charge in [0.1, 0.15) is 0 Å². The van der Waals surface area contributed by atoms with Gasteiger partial charge in [-0.25, -0.2) is 0 Å². The molecular weight excluding hydrogens is 1260 g/mol. The summed E-state index contributed by atoms with van der Waals surface area (Å²) in [6.07, 6.45) is 71.5. The van der Waals surface area contributed by atoms with Crippen molar-refractivity contribution in [3.63, 3.8) is 0 Å². The van der Waals surface area contributed by atoms with Crippen LogP contribution in [0.15, 0.2) is 0 Å². The molecule has 0 saturated heterocycles. The average Bonchev–Trinajstić information content (AvgIpc) is 2.08. The van der Waals surface area contributed by atoms with Gasteiger partial charge >= 0.3 is 27.5 Å². The first-order chi connectivity index (χ1) is 43.4. The van der Waals surface area contributed by atoms with Crippen molar-refractivity contribution in [2.75, 3.05) is 17.3 Å². The third kappa shape index (κ3) is 62.8. The molecule has 0 aliphatic rings. The van der Waals surface area contributed by atoms with Crippen LogP contribution >= 0.6 is 35.3 Å². The molecule has 0 aliphatic heterocycles. The minimum absolute atomic E-state index is 0.640. The van der Waals surface area contributed by atoms with E-state index in [4.69, 9.17) is 0 Å². The molecule has 89 heavy (non-hydrogen) atoms. The van der Waals surface area contributed by atoms with Gasteiger partial charge in [0.05, 0.1) is 32.1 Å². The molecule has 0 heterocycles. The van der Waals surface area contributed by atoms with Crippen LogP contribution in [-0.4, -0.2) is 71.9 Å². The van der Waals surface area contributed by atoms with Crippen LogP contribution in [0.3, 0.4) is 0 Å². The molecule has 0 aromatic rings. The number of carbonyl (C=O) groups is 3. The molecule has 0 bridgehead atoms. The maximum absolute atomic E-state index is 12.2. The summed E-state index contributed by atoms with van der Waals surface area (Å²) < 4.78 is -1.92. The SMILES string of the molecule is CCCCCCCCSC(CCCCCCCC)(CCCCCCCC)C(=O)[O-].CCCCCCCCSC(CCCCCCCC)(CCCCCCCC)C(=O)[O-].CCCCCCCCSC(CCCCCCCC)(CCCCCCCC)C(=O)[O-].[CH3][Sn+3]. The van der Waals surface area contributed by atoms with Crippen LogP contribution in [-0.2, 0) is 14.4 Å². The van der Waals surface area contributed by atoms with E-state index >= 15 is 0 Å². The predicted octanol–water partition coefficient (Wildman–Crippen LogP) is 24.4. The number of hydrogen-bond acceptors (Lipinski definition) is 9. The van der Waals surface area contributed by atoms with Crippen molar-refractivity contribution in [2.24, 2.45) is 0 Å². The third-order valence-electron chi connectivity index (χ3n) is 18.3. The summed E-state index contributed by atoms with van der Waals surface area (Å²) in [7, 11) is 0. The van der Waals surface area contributed by atoms with Crippen LogP contribution < -0.4 is 15.3 Å². The first-order valence-corrected chi connectivity index (χ1v) is 45.2. The molecule has 0 aromatic heterocycles. The van der Waals surface area contributed by atoms with E-state index in [2.05, 4.69) is 67.3 Å². The van der Waals surface area contributed by atoms with Crippen molar-refractivity contribution in [1.82, 2.24) is 0 Å². The van der Waals surface area contributed by atoms with Gasteiger partial charge < -0.3 is 29.7 Å². The number of hydrogen-bond donors (Lipinski definition) is 0. The molecule has 0 fully saturated rings. The van der Waals surface area contributed by atoms with E-state index in [1.165, 1.54) is 289 Å². The second-order valence-corrected chi connectivity index (χ2v) is 31.2. The number of carboxylic acids is 3. The van der Waals surface area contributed by atoms with Gasteiger partial charge in [-0.1, -0.05) is 390 Å². The van der Waals surface area contributed by atoms with Crippen molar-refractivity contribution in [3.8, 4) is 0 Å². The molecule has 10 heteroatoms. The van der Waals surface area contributed by atoms with E-state index in [9.17, 15) is 29.7 Å². The van der Waals surface area contributed by atoms with E-state index in [-0.39, 0.29) is 0 Å². The van der Waals surface area contributed by atoms with E-state index in [0.717, 1.165) is 114 Å². The fraction of sp³-hybridized carbons (Fsp3) is 0.962. The Balaban J connectivity index is -0.000000600. The van der Waals surface area contributed by atoms with Gasteiger partial charge in [-0.3, -0.25) is 0 Å². The van der Waals surface area contributed by atoms with Crippen molar-refractivity contribution < 1.29 is 29.7 Å². The second-order valence-electron chi connectivity index (χ2n) is 26.8. The molecule has 0 radical (unpaired) electrons.